The highest BCUT2D eigenvalue weighted by Crippen LogP contribution is 2.29. The second kappa shape index (κ2) is 6.11. The number of hydrogen-bond acceptors (Lipinski definition) is 4. The summed E-state index contributed by atoms with van der Waals surface area (Å²) in [5, 5.41) is 4.07. The monoisotopic (exact) mass is 315 g/mol. The molecule has 0 amide bonds. The number of rotatable bonds is 4. The number of halogens is 1. The van der Waals surface area contributed by atoms with Crippen molar-refractivity contribution in [2.45, 2.75) is 0 Å². The van der Waals surface area contributed by atoms with E-state index in [1.807, 2.05) is 22.9 Å². The molecule has 2 nitrogen and oxygen atoms in total. The molecule has 0 N–H and O–H groups in total. The van der Waals surface area contributed by atoms with Gasteiger partial charge in [-0.15, -0.1) is 22.7 Å². The van der Waals surface area contributed by atoms with E-state index in [1.54, 1.807) is 28.7 Å². The number of thiophene rings is 2. The minimum absolute atomic E-state index is 0.0382. The van der Waals surface area contributed by atoms with Gasteiger partial charge in [0.2, 0.25) is 0 Å². The summed E-state index contributed by atoms with van der Waals surface area (Å²) in [5.41, 5.74) is 1.17. The predicted octanol–water partition coefficient (Wildman–Crippen LogP) is 4.91. The van der Waals surface area contributed by atoms with Gasteiger partial charge in [-0.25, -0.2) is 4.39 Å². The fraction of sp³-hybridized carbons (Fsp3) is 0. The maximum atomic E-state index is 13.4. The number of carbonyl (C=O) groups excluding carboxylic acids is 1. The fourth-order valence-electron chi connectivity index (χ4n) is 1.83. The van der Waals surface area contributed by atoms with Crippen molar-refractivity contribution in [2.75, 3.05) is 0 Å². The Bertz CT molecular complexity index is 790. The molecule has 0 saturated heterocycles. The van der Waals surface area contributed by atoms with Crippen molar-refractivity contribution < 1.29 is 9.18 Å². The molecule has 0 aliphatic carbocycles. The second-order valence-electron chi connectivity index (χ2n) is 4.27. The Kier molecular flexibility index (Phi) is 4.03. The van der Waals surface area contributed by atoms with E-state index in [1.165, 1.54) is 23.2 Å². The molecule has 0 atom stereocenters. The number of aromatic nitrogens is 1. The van der Waals surface area contributed by atoms with Gasteiger partial charge in [-0.05, 0) is 41.1 Å². The maximum Gasteiger partial charge on any atom is 0.188 e. The van der Waals surface area contributed by atoms with Crippen molar-refractivity contribution >= 4 is 34.5 Å². The molecule has 104 valence electrons. The number of pyridine rings is 1. The average Bonchev–Trinajstić information content (AvgIpc) is 3.16. The summed E-state index contributed by atoms with van der Waals surface area (Å²) in [6.07, 6.45) is 5.55. The summed E-state index contributed by atoms with van der Waals surface area (Å²) in [4.78, 5) is 17.7. The van der Waals surface area contributed by atoms with Crippen LogP contribution >= 0.6 is 22.7 Å². The van der Waals surface area contributed by atoms with Gasteiger partial charge in [0.05, 0.1) is 11.8 Å². The molecule has 0 radical (unpaired) electrons. The number of hydrogen-bond donors (Lipinski definition) is 0. The van der Waals surface area contributed by atoms with Gasteiger partial charge in [-0.3, -0.25) is 9.78 Å². The summed E-state index contributed by atoms with van der Waals surface area (Å²) in [7, 11) is 0. The van der Waals surface area contributed by atoms with Crippen molar-refractivity contribution in [3.63, 3.8) is 0 Å². The zero-order chi connectivity index (χ0) is 14.7. The SMILES string of the molecule is O=C(/C=C/c1cc(-c2cccs2)cs1)c1ccncc1F. The lowest BCUT2D eigenvalue weighted by atomic mass is 10.1. The molecule has 0 saturated carbocycles. The van der Waals surface area contributed by atoms with Crippen molar-refractivity contribution in [2.24, 2.45) is 0 Å². The Balaban J connectivity index is 1.78. The zero-order valence-electron chi connectivity index (χ0n) is 10.8. The van der Waals surface area contributed by atoms with Crippen LogP contribution in [0.5, 0.6) is 0 Å². The largest absolute Gasteiger partial charge is 0.289 e. The molecule has 3 heterocycles. The highest BCUT2D eigenvalue weighted by atomic mass is 32.1. The van der Waals surface area contributed by atoms with Gasteiger partial charge in [0.25, 0.3) is 0 Å². The quantitative estimate of drug-likeness (QED) is 0.506. The first kappa shape index (κ1) is 13.9. The number of nitrogens with zero attached hydrogens (tertiary/aromatic N) is 1. The molecule has 3 aromatic rings. The van der Waals surface area contributed by atoms with Crippen LogP contribution in [-0.4, -0.2) is 10.8 Å². The van der Waals surface area contributed by atoms with Gasteiger partial charge in [-0.2, -0.15) is 0 Å². The Morgan fingerprint density at radius 3 is 2.95 bits per heavy atom. The lowest BCUT2D eigenvalue weighted by molar-refractivity contribution is 0.104. The van der Waals surface area contributed by atoms with Crippen molar-refractivity contribution in [3.8, 4) is 10.4 Å². The van der Waals surface area contributed by atoms with Gasteiger partial charge < -0.3 is 0 Å². The van der Waals surface area contributed by atoms with Crippen LogP contribution in [0.2, 0.25) is 0 Å². The topological polar surface area (TPSA) is 30.0 Å². The van der Waals surface area contributed by atoms with Gasteiger partial charge in [-0.1, -0.05) is 6.07 Å². The Labute approximate surface area is 129 Å². The van der Waals surface area contributed by atoms with Crippen LogP contribution in [0.15, 0.2) is 53.5 Å². The number of ketones is 1. The normalized spacial score (nSPS) is 11.1. The fourth-order valence-corrected chi connectivity index (χ4v) is 3.42. The number of carbonyl (C=O) groups is 1. The third kappa shape index (κ3) is 3.15. The molecular formula is C16H10FNOS2. The van der Waals surface area contributed by atoms with E-state index in [9.17, 15) is 9.18 Å². The molecule has 0 unspecified atom stereocenters. The van der Waals surface area contributed by atoms with E-state index in [4.69, 9.17) is 0 Å². The average molecular weight is 315 g/mol. The van der Waals surface area contributed by atoms with Gasteiger partial charge in [0.1, 0.15) is 0 Å². The highest BCUT2D eigenvalue weighted by Gasteiger charge is 2.08. The van der Waals surface area contributed by atoms with Crippen LogP contribution < -0.4 is 0 Å². The third-order valence-electron chi connectivity index (χ3n) is 2.86. The Morgan fingerprint density at radius 1 is 1.29 bits per heavy atom. The first-order valence-corrected chi connectivity index (χ1v) is 7.94. The van der Waals surface area contributed by atoms with Crippen molar-refractivity contribution in [1.82, 2.24) is 4.98 Å². The minimum atomic E-state index is -0.599. The summed E-state index contributed by atoms with van der Waals surface area (Å²) in [6.45, 7) is 0. The predicted molar refractivity (Wildman–Crippen MR) is 85.2 cm³/mol. The second-order valence-corrected chi connectivity index (χ2v) is 6.16. The molecule has 21 heavy (non-hydrogen) atoms. The maximum absolute atomic E-state index is 13.4. The molecule has 5 heteroatoms. The van der Waals surface area contributed by atoms with E-state index in [0.29, 0.717) is 0 Å². The van der Waals surface area contributed by atoms with Gasteiger partial charge >= 0.3 is 0 Å². The molecular weight excluding hydrogens is 305 g/mol. The van der Waals surface area contributed by atoms with E-state index < -0.39 is 5.82 Å². The molecule has 0 bridgehead atoms. The molecule has 3 rings (SSSR count). The molecule has 0 aromatic carbocycles. The van der Waals surface area contributed by atoms with Crippen molar-refractivity contribution in [1.29, 1.82) is 0 Å². The summed E-state index contributed by atoms with van der Waals surface area (Å²) in [6, 6.07) is 7.46. The van der Waals surface area contributed by atoms with E-state index >= 15 is 0 Å². The van der Waals surface area contributed by atoms with Crippen molar-refractivity contribution in [3.05, 3.63) is 69.8 Å². The van der Waals surface area contributed by atoms with E-state index in [0.717, 1.165) is 16.6 Å². The van der Waals surface area contributed by atoms with Crippen LogP contribution in [0.3, 0.4) is 0 Å². The van der Waals surface area contributed by atoms with Gasteiger partial charge in [0, 0.05) is 21.5 Å². The molecule has 0 aliphatic heterocycles. The summed E-state index contributed by atoms with van der Waals surface area (Å²) < 4.78 is 13.4. The first-order valence-electron chi connectivity index (χ1n) is 6.18. The van der Waals surface area contributed by atoms with Crippen LogP contribution in [0.1, 0.15) is 15.2 Å². The zero-order valence-corrected chi connectivity index (χ0v) is 12.5. The number of allylic oxidation sites excluding steroid dienone is 1. The minimum Gasteiger partial charge on any atom is -0.289 e. The Morgan fingerprint density at radius 2 is 2.19 bits per heavy atom. The smallest absolute Gasteiger partial charge is 0.188 e. The molecule has 0 fully saturated rings. The summed E-state index contributed by atoms with van der Waals surface area (Å²) in [5.74, 6) is -0.960. The highest BCUT2D eigenvalue weighted by molar-refractivity contribution is 7.15. The van der Waals surface area contributed by atoms with E-state index in [-0.39, 0.29) is 11.3 Å². The lowest BCUT2D eigenvalue weighted by Crippen LogP contribution is -1.98. The lowest BCUT2D eigenvalue weighted by Gasteiger charge is -1.96. The first-order chi connectivity index (χ1) is 10.2. The summed E-state index contributed by atoms with van der Waals surface area (Å²) >= 11 is 3.22. The molecule has 3 aromatic heterocycles. The standard InChI is InChI=1S/C16H10FNOS2/c17-14-9-18-6-5-13(14)15(19)4-3-12-8-11(10-21-12)16-2-1-7-20-16/h1-10H/b4-3+. The van der Waals surface area contributed by atoms with Crippen LogP contribution in [0.25, 0.3) is 16.5 Å². The van der Waals surface area contributed by atoms with Crippen LogP contribution in [0.4, 0.5) is 4.39 Å². The molecule has 0 aliphatic rings. The Hall–Kier alpha value is -2.11. The molecule has 0 spiro atoms. The third-order valence-corrected chi connectivity index (χ3v) is 4.68. The van der Waals surface area contributed by atoms with Crippen LogP contribution in [-0.2, 0) is 0 Å². The van der Waals surface area contributed by atoms with Gasteiger partial charge in [0.15, 0.2) is 11.6 Å². The van der Waals surface area contributed by atoms with Crippen LogP contribution in [0, 0.1) is 5.82 Å². The van der Waals surface area contributed by atoms with E-state index in [2.05, 4.69) is 11.1 Å².